The van der Waals surface area contributed by atoms with Gasteiger partial charge < -0.3 is 5.11 Å². The van der Waals surface area contributed by atoms with E-state index in [2.05, 4.69) is 0 Å². The second-order valence-electron chi connectivity index (χ2n) is 5.20. The molecule has 6 heteroatoms. The Labute approximate surface area is 113 Å². The molecule has 1 rings (SSSR count). The Morgan fingerprint density at radius 1 is 1.21 bits per heavy atom. The summed E-state index contributed by atoms with van der Waals surface area (Å²) >= 11 is 0. The molecule has 0 unspecified atom stereocenters. The molecule has 19 heavy (non-hydrogen) atoms. The largest absolute Gasteiger partial charge is 0.481 e. The molecule has 1 N–H and O–H groups in total. The van der Waals surface area contributed by atoms with E-state index in [1.54, 1.807) is 39.0 Å². The zero-order chi connectivity index (χ0) is 14.7. The third kappa shape index (κ3) is 4.04. The van der Waals surface area contributed by atoms with Crippen molar-refractivity contribution in [1.82, 2.24) is 4.31 Å². The van der Waals surface area contributed by atoms with Crippen LogP contribution in [0.4, 0.5) is 0 Å². The Kier molecular flexibility index (Phi) is 4.70. The predicted molar refractivity (Wildman–Crippen MR) is 72.3 cm³/mol. The lowest BCUT2D eigenvalue weighted by Gasteiger charge is -2.34. The normalized spacial score (nSPS) is 12.6. The summed E-state index contributed by atoms with van der Waals surface area (Å²) in [6.45, 7) is 5.19. The molecule has 5 nitrogen and oxygen atoms in total. The van der Waals surface area contributed by atoms with Gasteiger partial charge in [0.2, 0.25) is 10.0 Å². The van der Waals surface area contributed by atoms with Gasteiger partial charge in [0, 0.05) is 12.1 Å². The van der Waals surface area contributed by atoms with Crippen molar-refractivity contribution in [3.8, 4) is 0 Å². The molecule has 0 amide bonds. The van der Waals surface area contributed by atoms with Crippen LogP contribution in [0.2, 0.25) is 0 Å². The standard InChI is InChI=1S/C13H19NO4S/c1-13(2,3)14(10-9-12(15)16)19(17,18)11-7-5-4-6-8-11/h4-8H,9-10H2,1-3H3,(H,15,16). The Hall–Kier alpha value is -1.40. The molecule has 0 bridgehead atoms. The van der Waals surface area contributed by atoms with E-state index >= 15 is 0 Å². The first-order valence-electron chi connectivity index (χ1n) is 5.95. The number of nitrogens with zero attached hydrogens (tertiary/aromatic N) is 1. The maximum Gasteiger partial charge on any atom is 0.304 e. The van der Waals surface area contributed by atoms with E-state index in [4.69, 9.17) is 5.11 Å². The molecule has 0 fully saturated rings. The minimum atomic E-state index is -3.68. The van der Waals surface area contributed by atoms with Crippen molar-refractivity contribution in [3.63, 3.8) is 0 Å². The Bertz CT molecular complexity index is 532. The first kappa shape index (κ1) is 15.7. The van der Waals surface area contributed by atoms with Crippen LogP contribution in [0.15, 0.2) is 35.2 Å². The van der Waals surface area contributed by atoms with Crippen LogP contribution >= 0.6 is 0 Å². The Balaban J connectivity index is 3.14. The second-order valence-corrected chi connectivity index (χ2v) is 7.07. The summed E-state index contributed by atoms with van der Waals surface area (Å²) in [4.78, 5) is 10.8. The quantitative estimate of drug-likeness (QED) is 0.897. The van der Waals surface area contributed by atoms with E-state index in [-0.39, 0.29) is 17.9 Å². The average Bonchev–Trinajstić information content (AvgIpc) is 2.27. The van der Waals surface area contributed by atoms with Crippen molar-refractivity contribution < 1.29 is 18.3 Å². The fourth-order valence-electron chi connectivity index (χ4n) is 1.73. The summed E-state index contributed by atoms with van der Waals surface area (Å²) in [5.41, 5.74) is -0.676. The molecule has 0 spiro atoms. The molecule has 1 aromatic rings. The number of carboxylic acids is 1. The third-order valence-electron chi connectivity index (χ3n) is 2.61. The lowest BCUT2D eigenvalue weighted by atomic mass is 10.1. The molecule has 0 aliphatic carbocycles. The highest BCUT2D eigenvalue weighted by atomic mass is 32.2. The minimum absolute atomic E-state index is 0.0456. The van der Waals surface area contributed by atoms with E-state index in [1.165, 1.54) is 16.4 Å². The summed E-state index contributed by atoms with van der Waals surface area (Å²) in [6.07, 6.45) is -0.219. The lowest BCUT2D eigenvalue weighted by molar-refractivity contribution is -0.137. The highest BCUT2D eigenvalue weighted by molar-refractivity contribution is 7.89. The summed E-state index contributed by atoms with van der Waals surface area (Å²) < 4.78 is 26.3. The lowest BCUT2D eigenvalue weighted by Crippen LogP contribution is -2.46. The van der Waals surface area contributed by atoms with Gasteiger partial charge in [-0.05, 0) is 32.9 Å². The molecule has 0 atom stereocenters. The van der Waals surface area contributed by atoms with Gasteiger partial charge in [-0.2, -0.15) is 4.31 Å². The summed E-state index contributed by atoms with van der Waals surface area (Å²) in [7, 11) is -3.68. The van der Waals surface area contributed by atoms with Gasteiger partial charge in [-0.1, -0.05) is 18.2 Å². The van der Waals surface area contributed by atoms with Gasteiger partial charge in [-0.25, -0.2) is 8.42 Å². The Morgan fingerprint density at radius 3 is 2.16 bits per heavy atom. The van der Waals surface area contributed by atoms with Crippen LogP contribution in [0.5, 0.6) is 0 Å². The van der Waals surface area contributed by atoms with E-state index in [0.717, 1.165) is 0 Å². The van der Waals surface area contributed by atoms with Crippen LogP contribution in [-0.2, 0) is 14.8 Å². The van der Waals surface area contributed by atoms with Crippen molar-refractivity contribution in [2.24, 2.45) is 0 Å². The van der Waals surface area contributed by atoms with E-state index in [9.17, 15) is 13.2 Å². The monoisotopic (exact) mass is 285 g/mol. The van der Waals surface area contributed by atoms with Crippen LogP contribution in [0.3, 0.4) is 0 Å². The van der Waals surface area contributed by atoms with Crippen LogP contribution in [0.1, 0.15) is 27.2 Å². The van der Waals surface area contributed by atoms with Gasteiger partial charge in [0.05, 0.1) is 11.3 Å². The molecule has 0 aliphatic rings. The summed E-state index contributed by atoms with van der Waals surface area (Å²) in [5, 5.41) is 8.74. The number of hydrogen-bond acceptors (Lipinski definition) is 3. The van der Waals surface area contributed by atoms with E-state index in [1.807, 2.05) is 0 Å². The van der Waals surface area contributed by atoms with Crippen molar-refractivity contribution in [1.29, 1.82) is 0 Å². The van der Waals surface area contributed by atoms with Crippen molar-refractivity contribution in [2.45, 2.75) is 37.6 Å². The molecule has 0 saturated carbocycles. The smallest absolute Gasteiger partial charge is 0.304 e. The van der Waals surface area contributed by atoms with Crippen molar-refractivity contribution >= 4 is 16.0 Å². The highest BCUT2D eigenvalue weighted by Gasteiger charge is 2.33. The molecule has 0 radical (unpaired) electrons. The first-order valence-corrected chi connectivity index (χ1v) is 7.39. The van der Waals surface area contributed by atoms with Gasteiger partial charge in [0.25, 0.3) is 0 Å². The number of rotatable bonds is 5. The number of carbonyl (C=O) groups is 1. The van der Waals surface area contributed by atoms with Gasteiger partial charge in [0.15, 0.2) is 0 Å². The minimum Gasteiger partial charge on any atom is -0.481 e. The Morgan fingerprint density at radius 2 is 1.74 bits per heavy atom. The molecule has 0 aromatic heterocycles. The average molecular weight is 285 g/mol. The number of sulfonamides is 1. The number of carboxylic acid groups (broad SMARTS) is 1. The molecule has 1 aromatic carbocycles. The summed E-state index contributed by atoms with van der Waals surface area (Å²) in [5.74, 6) is -1.02. The van der Waals surface area contributed by atoms with Crippen LogP contribution in [0.25, 0.3) is 0 Å². The number of hydrogen-bond donors (Lipinski definition) is 1. The van der Waals surface area contributed by atoms with Crippen molar-refractivity contribution in [2.75, 3.05) is 6.54 Å². The molecular formula is C13H19NO4S. The zero-order valence-corrected chi connectivity index (χ0v) is 12.1. The molecule has 106 valence electrons. The number of benzene rings is 1. The van der Waals surface area contributed by atoms with E-state index < -0.39 is 21.5 Å². The van der Waals surface area contributed by atoms with Gasteiger partial charge >= 0.3 is 5.97 Å². The summed E-state index contributed by atoms with van der Waals surface area (Å²) in [6, 6.07) is 8.04. The maximum atomic E-state index is 12.5. The molecular weight excluding hydrogens is 266 g/mol. The van der Waals surface area contributed by atoms with Crippen LogP contribution < -0.4 is 0 Å². The topological polar surface area (TPSA) is 74.7 Å². The van der Waals surface area contributed by atoms with E-state index in [0.29, 0.717) is 0 Å². The highest BCUT2D eigenvalue weighted by Crippen LogP contribution is 2.24. The maximum absolute atomic E-state index is 12.5. The van der Waals surface area contributed by atoms with Crippen molar-refractivity contribution in [3.05, 3.63) is 30.3 Å². The number of aliphatic carboxylic acids is 1. The molecule has 0 aliphatic heterocycles. The fraction of sp³-hybridized carbons (Fsp3) is 0.462. The fourth-order valence-corrected chi connectivity index (χ4v) is 3.54. The zero-order valence-electron chi connectivity index (χ0n) is 11.3. The second kappa shape index (κ2) is 5.71. The first-order chi connectivity index (χ1) is 8.65. The van der Waals surface area contributed by atoms with Crippen LogP contribution in [0, 0.1) is 0 Å². The third-order valence-corrected chi connectivity index (χ3v) is 4.79. The predicted octanol–water partition coefficient (Wildman–Crippen LogP) is 1.95. The van der Waals surface area contributed by atoms with Gasteiger partial charge in [-0.3, -0.25) is 4.79 Å². The van der Waals surface area contributed by atoms with Gasteiger partial charge in [0.1, 0.15) is 0 Å². The molecule has 0 heterocycles. The molecule has 0 saturated heterocycles. The SMILES string of the molecule is CC(C)(C)N(CCC(=O)O)S(=O)(=O)c1ccccc1. The van der Waals surface area contributed by atoms with Gasteiger partial charge in [-0.15, -0.1) is 0 Å². The van der Waals surface area contributed by atoms with Crippen LogP contribution in [-0.4, -0.2) is 35.9 Å².